The predicted octanol–water partition coefficient (Wildman–Crippen LogP) is 3.23. The van der Waals surface area contributed by atoms with Crippen molar-refractivity contribution in [2.45, 2.75) is 18.7 Å². The summed E-state index contributed by atoms with van der Waals surface area (Å²) in [5.74, 6) is 0.392. The number of hydrogen-bond acceptors (Lipinski definition) is 2. The standard InChI is InChI=1S/C9H10BrF2NO/c1-5-6(3-10)9(14-2)13-4-7(5)8(11)12/h4,8H,3H2,1-2H3. The van der Waals surface area contributed by atoms with Crippen molar-refractivity contribution in [3.8, 4) is 5.88 Å². The van der Waals surface area contributed by atoms with Crippen LogP contribution in [0.15, 0.2) is 6.20 Å². The fourth-order valence-corrected chi connectivity index (χ4v) is 1.85. The van der Waals surface area contributed by atoms with Crippen molar-refractivity contribution < 1.29 is 13.5 Å². The van der Waals surface area contributed by atoms with Crippen LogP contribution in [-0.4, -0.2) is 12.1 Å². The SMILES string of the molecule is COc1ncc(C(F)F)c(C)c1CBr. The number of alkyl halides is 3. The first kappa shape index (κ1) is 11.4. The molecule has 0 aliphatic heterocycles. The van der Waals surface area contributed by atoms with Gasteiger partial charge in [0.15, 0.2) is 0 Å². The second-order valence-corrected chi connectivity index (χ2v) is 3.32. The van der Waals surface area contributed by atoms with Gasteiger partial charge in [-0.25, -0.2) is 13.8 Å². The quantitative estimate of drug-likeness (QED) is 0.783. The van der Waals surface area contributed by atoms with Crippen molar-refractivity contribution in [2.75, 3.05) is 7.11 Å². The summed E-state index contributed by atoms with van der Waals surface area (Å²) < 4.78 is 29.9. The minimum Gasteiger partial charge on any atom is -0.481 e. The zero-order chi connectivity index (χ0) is 10.7. The molecule has 0 aromatic carbocycles. The van der Waals surface area contributed by atoms with Crippen molar-refractivity contribution in [3.63, 3.8) is 0 Å². The highest BCUT2D eigenvalue weighted by Gasteiger charge is 2.16. The Hall–Kier alpha value is -0.710. The smallest absolute Gasteiger partial charge is 0.265 e. The van der Waals surface area contributed by atoms with Crippen LogP contribution in [-0.2, 0) is 5.33 Å². The van der Waals surface area contributed by atoms with Crippen LogP contribution < -0.4 is 4.74 Å². The van der Waals surface area contributed by atoms with Crippen molar-refractivity contribution in [1.82, 2.24) is 4.98 Å². The Morgan fingerprint density at radius 1 is 1.57 bits per heavy atom. The summed E-state index contributed by atoms with van der Waals surface area (Å²) in [7, 11) is 1.47. The van der Waals surface area contributed by atoms with E-state index in [4.69, 9.17) is 4.74 Å². The maximum absolute atomic E-state index is 12.5. The zero-order valence-corrected chi connectivity index (χ0v) is 9.44. The van der Waals surface area contributed by atoms with Gasteiger partial charge in [-0.3, -0.25) is 0 Å². The highest BCUT2D eigenvalue weighted by molar-refractivity contribution is 9.08. The molecule has 0 saturated heterocycles. The van der Waals surface area contributed by atoms with Crippen LogP contribution in [0.4, 0.5) is 8.78 Å². The van der Waals surface area contributed by atoms with Gasteiger partial charge in [0.2, 0.25) is 5.88 Å². The highest BCUT2D eigenvalue weighted by atomic mass is 79.9. The molecule has 0 unspecified atom stereocenters. The molecule has 0 amide bonds. The number of ether oxygens (including phenoxy) is 1. The molecular formula is C9H10BrF2NO. The van der Waals surface area contributed by atoms with E-state index in [0.717, 1.165) is 6.20 Å². The maximum atomic E-state index is 12.5. The number of halogens is 3. The lowest BCUT2D eigenvalue weighted by molar-refractivity contribution is 0.150. The number of nitrogens with zero attached hydrogens (tertiary/aromatic N) is 1. The third-order valence-electron chi connectivity index (χ3n) is 2.03. The molecule has 0 bridgehead atoms. The number of pyridine rings is 1. The van der Waals surface area contributed by atoms with Gasteiger partial charge in [0.25, 0.3) is 6.43 Å². The molecule has 0 aliphatic carbocycles. The van der Waals surface area contributed by atoms with E-state index in [1.54, 1.807) is 6.92 Å². The summed E-state index contributed by atoms with van der Waals surface area (Å²) in [5, 5.41) is 0.454. The average Bonchev–Trinajstić information content (AvgIpc) is 2.16. The molecule has 5 heteroatoms. The monoisotopic (exact) mass is 265 g/mol. The molecule has 1 aromatic heterocycles. The van der Waals surface area contributed by atoms with Crippen molar-refractivity contribution >= 4 is 15.9 Å². The molecular weight excluding hydrogens is 256 g/mol. The van der Waals surface area contributed by atoms with E-state index in [9.17, 15) is 8.78 Å². The molecule has 0 fully saturated rings. The van der Waals surface area contributed by atoms with Crippen LogP contribution in [0.2, 0.25) is 0 Å². The van der Waals surface area contributed by atoms with Crippen molar-refractivity contribution in [2.24, 2.45) is 0 Å². The zero-order valence-electron chi connectivity index (χ0n) is 7.85. The molecule has 0 N–H and O–H groups in total. The summed E-state index contributed by atoms with van der Waals surface area (Å²) in [6.45, 7) is 1.64. The van der Waals surface area contributed by atoms with Crippen LogP contribution in [0, 0.1) is 6.92 Å². The van der Waals surface area contributed by atoms with E-state index < -0.39 is 6.43 Å². The Morgan fingerprint density at radius 3 is 2.64 bits per heavy atom. The predicted molar refractivity (Wildman–Crippen MR) is 53.1 cm³/mol. The third-order valence-corrected chi connectivity index (χ3v) is 2.59. The summed E-state index contributed by atoms with van der Waals surface area (Å²) in [4.78, 5) is 3.82. The summed E-state index contributed by atoms with van der Waals surface area (Å²) in [6, 6.07) is 0. The fraction of sp³-hybridized carbons (Fsp3) is 0.444. The first-order chi connectivity index (χ1) is 6.61. The van der Waals surface area contributed by atoms with Crippen LogP contribution in [0.25, 0.3) is 0 Å². The lowest BCUT2D eigenvalue weighted by Gasteiger charge is -2.11. The van der Waals surface area contributed by atoms with E-state index in [1.165, 1.54) is 7.11 Å². The van der Waals surface area contributed by atoms with Crippen LogP contribution in [0.3, 0.4) is 0 Å². The van der Waals surface area contributed by atoms with Gasteiger partial charge in [0, 0.05) is 22.7 Å². The van der Waals surface area contributed by atoms with Crippen LogP contribution in [0.1, 0.15) is 23.1 Å². The van der Waals surface area contributed by atoms with E-state index in [1.807, 2.05) is 0 Å². The first-order valence-corrected chi connectivity index (χ1v) is 5.10. The summed E-state index contributed by atoms with van der Waals surface area (Å²) in [6.07, 6.45) is -1.34. The average molecular weight is 266 g/mol. The molecule has 2 nitrogen and oxygen atoms in total. The Balaban J connectivity index is 3.27. The summed E-state index contributed by atoms with van der Waals surface area (Å²) in [5.41, 5.74) is 1.16. The first-order valence-electron chi connectivity index (χ1n) is 3.98. The van der Waals surface area contributed by atoms with Crippen LogP contribution >= 0.6 is 15.9 Å². The number of rotatable bonds is 3. The minimum atomic E-state index is -2.49. The molecule has 0 saturated carbocycles. The Morgan fingerprint density at radius 2 is 2.21 bits per heavy atom. The van der Waals surface area contributed by atoms with E-state index in [0.29, 0.717) is 22.3 Å². The van der Waals surface area contributed by atoms with E-state index >= 15 is 0 Å². The van der Waals surface area contributed by atoms with Gasteiger partial charge in [0.1, 0.15) is 0 Å². The number of methoxy groups -OCH3 is 1. The van der Waals surface area contributed by atoms with Gasteiger partial charge in [-0.2, -0.15) is 0 Å². The topological polar surface area (TPSA) is 22.1 Å². The second-order valence-electron chi connectivity index (χ2n) is 2.76. The maximum Gasteiger partial charge on any atom is 0.265 e. The van der Waals surface area contributed by atoms with Gasteiger partial charge < -0.3 is 4.74 Å². The normalized spacial score (nSPS) is 10.7. The third kappa shape index (κ3) is 2.03. The van der Waals surface area contributed by atoms with Gasteiger partial charge in [-0.1, -0.05) is 15.9 Å². The molecule has 14 heavy (non-hydrogen) atoms. The lowest BCUT2D eigenvalue weighted by Crippen LogP contribution is -2.00. The largest absolute Gasteiger partial charge is 0.481 e. The molecule has 1 aromatic rings. The van der Waals surface area contributed by atoms with Gasteiger partial charge in [-0.05, 0) is 12.5 Å². The molecule has 0 radical (unpaired) electrons. The van der Waals surface area contributed by atoms with E-state index in [-0.39, 0.29) is 5.56 Å². The number of aromatic nitrogens is 1. The van der Waals surface area contributed by atoms with Crippen LogP contribution in [0.5, 0.6) is 5.88 Å². The van der Waals surface area contributed by atoms with Crippen molar-refractivity contribution in [1.29, 1.82) is 0 Å². The molecule has 78 valence electrons. The molecule has 0 aliphatic rings. The fourth-order valence-electron chi connectivity index (χ4n) is 1.19. The molecule has 0 atom stereocenters. The summed E-state index contributed by atoms with van der Waals surface area (Å²) >= 11 is 3.22. The number of hydrogen-bond donors (Lipinski definition) is 0. The molecule has 1 heterocycles. The minimum absolute atomic E-state index is 0.0414. The molecule has 0 spiro atoms. The van der Waals surface area contributed by atoms with Gasteiger partial charge >= 0.3 is 0 Å². The lowest BCUT2D eigenvalue weighted by atomic mass is 10.1. The van der Waals surface area contributed by atoms with E-state index in [2.05, 4.69) is 20.9 Å². The van der Waals surface area contributed by atoms with Gasteiger partial charge in [0.05, 0.1) is 7.11 Å². The second kappa shape index (κ2) is 4.68. The molecule has 1 rings (SSSR count). The Bertz CT molecular complexity index is 331. The van der Waals surface area contributed by atoms with Gasteiger partial charge in [-0.15, -0.1) is 0 Å². The Kier molecular flexibility index (Phi) is 3.80. The Labute approximate surface area is 89.4 Å². The highest BCUT2D eigenvalue weighted by Crippen LogP contribution is 2.29. The van der Waals surface area contributed by atoms with Crippen molar-refractivity contribution in [3.05, 3.63) is 22.9 Å².